The van der Waals surface area contributed by atoms with Crippen LogP contribution in [-0.4, -0.2) is 58.9 Å². The highest BCUT2D eigenvalue weighted by Gasteiger charge is 2.35. The van der Waals surface area contributed by atoms with Crippen molar-refractivity contribution in [2.75, 3.05) is 36.0 Å². The molecule has 1 aromatic carbocycles. The molecule has 1 aromatic heterocycles. The van der Waals surface area contributed by atoms with E-state index in [0.29, 0.717) is 46.9 Å². The summed E-state index contributed by atoms with van der Waals surface area (Å²) in [6, 6.07) is 6.54. The van der Waals surface area contributed by atoms with Crippen LogP contribution in [0.4, 0.5) is 10.8 Å². The zero-order chi connectivity index (χ0) is 23.0. The average Bonchev–Trinajstić information content (AvgIpc) is 3.12. The first-order chi connectivity index (χ1) is 15.2. The van der Waals surface area contributed by atoms with Crippen LogP contribution in [0.2, 0.25) is 10.2 Å². The predicted molar refractivity (Wildman–Crippen MR) is 129 cm³/mol. The SMILES string of the molecule is CC(=O)N1CCN(c2nc(Cl)c(C=C3C(=O)NC(=S)N(c4ccc(Cl)cc4)C3=O)s2)CC1. The summed E-state index contributed by atoms with van der Waals surface area (Å²) in [6.45, 7) is 3.98. The molecule has 0 spiro atoms. The number of carbonyl (C=O) groups is 3. The molecule has 32 heavy (non-hydrogen) atoms. The van der Waals surface area contributed by atoms with E-state index in [1.807, 2.05) is 4.90 Å². The minimum atomic E-state index is -0.605. The fourth-order valence-electron chi connectivity index (χ4n) is 3.35. The molecule has 166 valence electrons. The lowest BCUT2D eigenvalue weighted by Crippen LogP contribution is -2.54. The van der Waals surface area contributed by atoms with Crippen molar-refractivity contribution >= 4 is 86.5 Å². The molecule has 0 saturated carbocycles. The second-order valence-electron chi connectivity index (χ2n) is 7.08. The first-order valence-electron chi connectivity index (χ1n) is 9.58. The summed E-state index contributed by atoms with van der Waals surface area (Å²) < 4.78 is 0. The van der Waals surface area contributed by atoms with Crippen molar-refractivity contribution in [3.05, 3.63) is 44.9 Å². The van der Waals surface area contributed by atoms with E-state index in [-0.39, 0.29) is 21.7 Å². The number of rotatable bonds is 3. The third-order valence-corrected chi connectivity index (χ3v) is 7.06. The van der Waals surface area contributed by atoms with Gasteiger partial charge in [0, 0.05) is 38.1 Å². The highest BCUT2D eigenvalue weighted by atomic mass is 35.5. The van der Waals surface area contributed by atoms with Gasteiger partial charge >= 0.3 is 0 Å². The molecule has 4 rings (SSSR count). The molecule has 8 nitrogen and oxygen atoms in total. The summed E-state index contributed by atoms with van der Waals surface area (Å²) >= 11 is 18.7. The zero-order valence-electron chi connectivity index (χ0n) is 16.8. The van der Waals surface area contributed by atoms with E-state index in [1.165, 1.54) is 22.3 Å². The molecule has 2 fully saturated rings. The molecule has 12 heteroatoms. The molecule has 3 amide bonds. The molecule has 0 unspecified atom stereocenters. The molecular formula is C20H17Cl2N5O3S2. The lowest BCUT2D eigenvalue weighted by Gasteiger charge is -2.33. The topological polar surface area (TPSA) is 85.8 Å². The van der Waals surface area contributed by atoms with E-state index in [9.17, 15) is 14.4 Å². The predicted octanol–water partition coefficient (Wildman–Crippen LogP) is 2.95. The lowest BCUT2D eigenvalue weighted by atomic mass is 10.1. The zero-order valence-corrected chi connectivity index (χ0v) is 19.9. The second kappa shape index (κ2) is 9.14. The van der Waals surface area contributed by atoms with E-state index in [0.717, 1.165) is 0 Å². The van der Waals surface area contributed by atoms with Crippen LogP contribution in [0.25, 0.3) is 6.08 Å². The maximum Gasteiger partial charge on any atom is 0.270 e. The number of aromatic nitrogens is 1. The Morgan fingerprint density at radius 2 is 1.81 bits per heavy atom. The van der Waals surface area contributed by atoms with Crippen LogP contribution >= 0.6 is 46.8 Å². The Morgan fingerprint density at radius 1 is 1.16 bits per heavy atom. The Balaban J connectivity index is 1.59. The van der Waals surface area contributed by atoms with E-state index in [4.69, 9.17) is 35.4 Å². The number of hydrogen-bond donors (Lipinski definition) is 1. The number of hydrogen-bond acceptors (Lipinski definition) is 7. The third-order valence-electron chi connectivity index (χ3n) is 5.06. The van der Waals surface area contributed by atoms with Gasteiger partial charge in [-0.05, 0) is 42.6 Å². The first-order valence-corrected chi connectivity index (χ1v) is 11.6. The fraction of sp³-hybridized carbons (Fsp3) is 0.250. The van der Waals surface area contributed by atoms with Crippen molar-refractivity contribution in [3.8, 4) is 0 Å². The van der Waals surface area contributed by atoms with Gasteiger partial charge in [-0.25, -0.2) is 4.98 Å². The number of halogens is 2. The van der Waals surface area contributed by atoms with Gasteiger partial charge in [0.2, 0.25) is 5.91 Å². The molecule has 0 bridgehead atoms. The monoisotopic (exact) mass is 509 g/mol. The number of benzene rings is 1. The van der Waals surface area contributed by atoms with Crippen molar-refractivity contribution < 1.29 is 14.4 Å². The molecule has 0 aliphatic carbocycles. The number of thiocarbonyl (C=S) groups is 1. The summed E-state index contributed by atoms with van der Waals surface area (Å²) in [5.74, 6) is -1.13. The Kier molecular flexibility index (Phi) is 6.47. The highest BCUT2D eigenvalue weighted by Crippen LogP contribution is 2.33. The molecule has 2 aliphatic rings. The lowest BCUT2D eigenvalue weighted by molar-refractivity contribution is -0.129. The number of amides is 3. The molecule has 2 aromatic rings. The minimum Gasteiger partial charge on any atom is -0.344 e. The summed E-state index contributed by atoms with van der Waals surface area (Å²) in [5, 5.41) is 3.89. The Hall–Kier alpha value is -2.53. The van der Waals surface area contributed by atoms with Gasteiger partial charge in [0.25, 0.3) is 11.8 Å². The van der Waals surface area contributed by atoms with Gasteiger partial charge in [-0.1, -0.05) is 34.5 Å². The average molecular weight is 510 g/mol. The standard InChI is InChI=1S/C20H17Cl2N5O3S2/c1-11(28)25-6-8-26(9-7-25)20-23-16(22)15(32-20)10-14-17(29)24-19(31)27(18(14)30)13-4-2-12(21)3-5-13/h2-5,10H,6-9H2,1H3,(H,24,29,31). The summed E-state index contributed by atoms with van der Waals surface area (Å²) in [6.07, 6.45) is 1.43. The van der Waals surface area contributed by atoms with Crippen molar-refractivity contribution in [1.82, 2.24) is 15.2 Å². The number of nitrogens with zero attached hydrogens (tertiary/aromatic N) is 4. The van der Waals surface area contributed by atoms with Crippen LogP contribution in [0.5, 0.6) is 0 Å². The number of thiazole rings is 1. The molecule has 0 atom stereocenters. The van der Waals surface area contributed by atoms with Gasteiger partial charge < -0.3 is 9.80 Å². The number of carbonyl (C=O) groups excluding carboxylic acids is 3. The number of piperazine rings is 1. The van der Waals surface area contributed by atoms with Gasteiger partial charge in [0.1, 0.15) is 10.7 Å². The minimum absolute atomic E-state index is 0.0149. The largest absolute Gasteiger partial charge is 0.344 e. The molecule has 0 radical (unpaired) electrons. The molecule has 2 aliphatic heterocycles. The van der Waals surface area contributed by atoms with Crippen molar-refractivity contribution in [2.45, 2.75) is 6.92 Å². The van der Waals surface area contributed by atoms with E-state index >= 15 is 0 Å². The molecule has 1 N–H and O–H groups in total. The van der Waals surface area contributed by atoms with Crippen LogP contribution in [0, 0.1) is 0 Å². The van der Waals surface area contributed by atoms with E-state index < -0.39 is 11.8 Å². The second-order valence-corrected chi connectivity index (χ2v) is 9.27. The Labute approximate surface area is 203 Å². The molecule has 3 heterocycles. The number of nitrogens with one attached hydrogen (secondary N) is 1. The van der Waals surface area contributed by atoms with Crippen LogP contribution in [0.3, 0.4) is 0 Å². The van der Waals surface area contributed by atoms with Crippen molar-refractivity contribution in [2.24, 2.45) is 0 Å². The third kappa shape index (κ3) is 4.49. The quantitative estimate of drug-likeness (QED) is 0.388. The van der Waals surface area contributed by atoms with Crippen molar-refractivity contribution in [3.63, 3.8) is 0 Å². The van der Waals surface area contributed by atoms with Crippen LogP contribution < -0.4 is 15.1 Å². The molecule has 2 saturated heterocycles. The van der Waals surface area contributed by atoms with Gasteiger partial charge in [0.15, 0.2) is 10.2 Å². The Morgan fingerprint density at radius 3 is 2.44 bits per heavy atom. The molecular weight excluding hydrogens is 493 g/mol. The van der Waals surface area contributed by atoms with Crippen molar-refractivity contribution in [1.29, 1.82) is 0 Å². The van der Waals surface area contributed by atoms with Crippen LogP contribution in [0.1, 0.15) is 11.8 Å². The van der Waals surface area contributed by atoms with Gasteiger partial charge in [0.05, 0.1) is 10.6 Å². The van der Waals surface area contributed by atoms with Gasteiger partial charge in [-0.3, -0.25) is 24.6 Å². The van der Waals surface area contributed by atoms with E-state index in [1.54, 1.807) is 36.1 Å². The van der Waals surface area contributed by atoms with E-state index in [2.05, 4.69) is 10.3 Å². The van der Waals surface area contributed by atoms with Crippen LogP contribution in [0.15, 0.2) is 29.8 Å². The highest BCUT2D eigenvalue weighted by molar-refractivity contribution is 7.80. The normalized spacial score (nSPS) is 18.4. The first kappa shape index (κ1) is 22.7. The van der Waals surface area contributed by atoms with Gasteiger partial charge in [-0.15, -0.1) is 0 Å². The fourth-order valence-corrected chi connectivity index (χ4v) is 5.01. The summed E-state index contributed by atoms with van der Waals surface area (Å²) in [7, 11) is 0. The van der Waals surface area contributed by atoms with Crippen LogP contribution in [-0.2, 0) is 14.4 Å². The summed E-state index contributed by atoms with van der Waals surface area (Å²) in [5.41, 5.74) is 0.377. The number of anilines is 2. The summed E-state index contributed by atoms with van der Waals surface area (Å²) in [4.78, 5) is 47.1. The smallest absolute Gasteiger partial charge is 0.270 e. The maximum atomic E-state index is 13.1. The van der Waals surface area contributed by atoms with Gasteiger partial charge in [-0.2, -0.15) is 0 Å². The Bertz CT molecular complexity index is 1140. The maximum absolute atomic E-state index is 13.1.